The van der Waals surface area contributed by atoms with E-state index < -0.39 is 0 Å². The average molecular weight is 401 g/mol. The van der Waals surface area contributed by atoms with E-state index >= 15 is 0 Å². The molecule has 0 aromatic heterocycles. The standard InChI is InChI=1S/C18H22BrNO2.ClH/c1-4-22-17-11-14(10-16(19)18(17)21-3)12-20-13(2)15-8-6-5-7-9-15;/h5-11,13,20H,4,12H2,1-3H3;1H. The van der Waals surface area contributed by atoms with Crippen molar-refractivity contribution in [2.45, 2.75) is 26.4 Å². The third kappa shape index (κ3) is 5.41. The van der Waals surface area contributed by atoms with Crippen molar-refractivity contribution in [3.63, 3.8) is 0 Å². The van der Waals surface area contributed by atoms with Crippen molar-refractivity contribution in [3.05, 3.63) is 58.1 Å². The predicted molar refractivity (Wildman–Crippen MR) is 101 cm³/mol. The van der Waals surface area contributed by atoms with Gasteiger partial charge in [-0.2, -0.15) is 0 Å². The molecule has 2 aromatic rings. The zero-order valence-corrected chi connectivity index (χ0v) is 16.0. The van der Waals surface area contributed by atoms with Gasteiger partial charge in [0.2, 0.25) is 0 Å². The third-order valence-corrected chi connectivity index (χ3v) is 4.07. The van der Waals surface area contributed by atoms with Gasteiger partial charge >= 0.3 is 0 Å². The summed E-state index contributed by atoms with van der Waals surface area (Å²) >= 11 is 3.55. The van der Waals surface area contributed by atoms with Gasteiger partial charge in [0, 0.05) is 12.6 Å². The average Bonchev–Trinajstić information content (AvgIpc) is 2.53. The van der Waals surface area contributed by atoms with Gasteiger partial charge in [-0.15, -0.1) is 12.4 Å². The summed E-state index contributed by atoms with van der Waals surface area (Å²) in [7, 11) is 1.65. The first-order valence-corrected chi connectivity index (χ1v) is 8.22. The van der Waals surface area contributed by atoms with E-state index in [0.717, 1.165) is 28.1 Å². The highest BCUT2D eigenvalue weighted by molar-refractivity contribution is 9.10. The number of hydrogen-bond acceptors (Lipinski definition) is 3. The third-order valence-electron chi connectivity index (χ3n) is 3.49. The van der Waals surface area contributed by atoms with Gasteiger partial charge in [0.1, 0.15) is 0 Å². The first-order valence-electron chi connectivity index (χ1n) is 7.43. The first kappa shape index (κ1) is 19.8. The molecular weight excluding hydrogens is 378 g/mol. The lowest BCUT2D eigenvalue weighted by Gasteiger charge is -2.16. The highest BCUT2D eigenvalue weighted by Gasteiger charge is 2.12. The predicted octanol–water partition coefficient (Wildman–Crippen LogP) is 5.13. The summed E-state index contributed by atoms with van der Waals surface area (Å²) in [6, 6.07) is 14.8. The summed E-state index contributed by atoms with van der Waals surface area (Å²) in [6.07, 6.45) is 0. The van der Waals surface area contributed by atoms with Gasteiger partial charge in [-0.25, -0.2) is 0 Å². The summed E-state index contributed by atoms with van der Waals surface area (Å²) in [4.78, 5) is 0. The van der Waals surface area contributed by atoms with Gasteiger partial charge in [-0.3, -0.25) is 0 Å². The minimum Gasteiger partial charge on any atom is -0.492 e. The van der Waals surface area contributed by atoms with Crippen LogP contribution in [0.1, 0.15) is 31.0 Å². The van der Waals surface area contributed by atoms with Gasteiger partial charge in [0.15, 0.2) is 11.5 Å². The summed E-state index contributed by atoms with van der Waals surface area (Å²) in [5.41, 5.74) is 2.43. The maximum Gasteiger partial charge on any atom is 0.174 e. The van der Waals surface area contributed by atoms with Crippen LogP contribution in [0.15, 0.2) is 46.9 Å². The van der Waals surface area contributed by atoms with E-state index in [0.29, 0.717) is 6.61 Å². The largest absolute Gasteiger partial charge is 0.492 e. The molecule has 23 heavy (non-hydrogen) atoms. The monoisotopic (exact) mass is 399 g/mol. The number of benzene rings is 2. The molecule has 2 rings (SSSR count). The molecule has 0 aliphatic heterocycles. The van der Waals surface area contributed by atoms with E-state index in [9.17, 15) is 0 Å². The van der Waals surface area contributed by atoms with Crippen LogP contribution in [0.25, 0.3) is 0 Å². The molecule has 5 heteroatoms. The molecule has 2 aromatic carbocycles. The lowest BCUT2D eigenvalue weighted by atomic mass is 10.1. The molecule has 0 bridgehead atoms. The Balaban J connectivity index is 0.00000264. The first-order chi connectivity index (χ1) is 10.7. The van der Waals surface area contributed by atoms with Gasteiger partial charge < -0.3 is 14.8 Å². The minimum atomic E-state index is 0. The minimum absolute atomic E-state index is 0. The maximum atomic E-state index is 5.66. The molecule has 0 radical (unpaired) electrons. The van der Waals surface area contributed by atoms with Crippen molar-refractivity contribution in [2.75, 3.05) is 13.7 Å². The molecule has 0 saturated heterocycles. The van der Waals surface area contributed by atoms with Gasteiger partial charge in [0.05, 0.1) is 18.2 Å². The molecule has 0 aliphatic rings. The number of hydrogen-bond donors (Lipinski definition) is 1. The zero-order chi connectivity index (χ0) is 15.9. The van der Waals surface area contributed by atoms with Crippen molar-refractivity contribution in [2.24, 2.45) is 0 Å². The number of rotatable bonds is 7. The Kier molecular flexibility index (Phi) is 8.45. The zero-order valence-electron chi connectivity index (χ0n) is 13.6. The van der Waals surface area contributed by atoms with Crippen LogP contribution in [0.4, 0.5) is 0 Å². The van der Waals surface area contributed by atoms with E-state index in [4.69, 9.17) is 9.47 Å². The lowest BCUT2D eigenvalue weighted by Crippen LogP contribution is -2.18. The van der Waals surface area contributed by atoms with Crippen molar-refractivity contribution >= 4 is 28.3 Å². The van der Waals surface area contributed by atoms with Crippen LogP contribution < -0.4 is 14.8 Å². The van der Waals surface area contributed by atoms with Crippen LogP contribution in [0.5, 0.6) is 11.5 Å². The van der Waals surface area contributed by atoms with Crippen LogP contribution in [-0.4, -0.2) is 13.7 Å². The molecule has 0 heterocycles. The van der Waals surface area contributed by atoms with Crippen LogP contribution in [-0.2, 0) is 6.54 Å². The SMILES string of the molecule is CCOc1cc(CNC(C)c2ccccc2)cc(Br)c1OC.Cl. The Morgan fingerprint density at radius 1 is 1.17 bits per heavy atom. The number of halogens is 2. The Morgan fingerprint density at radius 2 is 1.87 bits per heavy atom. The molecule has 1 N–H and O–H groups in total. The Hall–Kier alpha value is -1.23. The second-order valence-corrected chi connectivity index (χ2v) is 5.91. The molecule has 1 atom stereocenters. The summed E-state index contributed by atoms with van der Waals surface area (Å²) in [6.45, 7) is 5.51. The fraction of sp³-hybridized carbons (Fsp3) is 0.333. The molecule has 3 nitrogen and oxygen atoms in total. The normalized spacial score (nSPS) is 11.5. The van der Waals surface area contributed by atoms with E-state index in [1.54, 1.807) is 7.11 Å². The van der Waals surface area contributed by atoms with Crippen molar-refractivity contribution in [3.8, 4) is 11.5 Å². The molecule has 0 aliphatic carbocycles. The second-order valence-electron chi connectivity index (χ2n) is 5.06. The Bertz CT molecular complexity index is 607. The highest BCUT2D eigenvalue weighted by Crippen LogP contribution is 2.36. The van der Waals surface area contributed by atoms with E-state index in [1.807, 2.05) is 19.1 Å². The fourth-order valence-electron chi connectivity index (χ4n) is 2.31. The van der Waals surface area contributed by atoms with Crippen LogP contribution in [0.3, 0.4) is 0 Å². The Labute approximate surface area is 152 Å². The summed E-state index contributed by atoms with van der Waals surface area (Å²) in [5, 5.41) is 3.53. The number of nitrogens with one attached hydrogen (secondary N) is 1. The second kappa shape index (κ2) is 9.81. The van der Waals surface area contributed by atoms with Crippen LogP contribution in [0, 0.1) is 0 Å². The van der Waals surface area contributed by atoms with Gasteiger partial charge in [0.25, 0.3) is 0 Å². The Morgan fingerprint density at radius 3 is 2.48 bits per heavy atom. The van der Waals surface area contributed by atoms with E-state index in [1.165, 1.54) is 5.56 Å². The van der Waals surface area contributed by atoms with E-state index in [-0.39, 0.29) is 18.4 Å². The maximum absolute atomic E-state index is 5.66. The number of methoxy groups -OCH3 is 1. The molecular formula is C18H23BrClNO2. The summed E-state index contributed by atoms with van der Waals surface area (Å²) in [5.74, 6) is 1.50. The van der Waals surface area contributed by atoms with Crippen molar-refractivity contribution in [1.82, 2.24) is 5.32 Å². The molecule has 0 spiro atoms. The molecule has 1 unspecified atom stereocenters. The van der Waals surface area contributed by atoms with Gasteiger partial charge in [-0.05, 0) is 53.0 Å². The quantitative estimate of drug-likeness (QED) is 0.699. The van der Waals surface area contributed by atoms with Gasteiger partial charge in [-0.1, -0.05) is 30.3 Å². The van der Waals surface area contributed by atoms with Crippen molar-refractivity contribution in [1.29, 1.82) is 0 Å². The molecule has 0 fully saturated rings. The van der Waals surface area contributed by atoms with E-state index in [2.05, 4.69) is 58.5 Å². The van der Waals surface area contributed by atoms with Crippen molar-refractivity contribution < 1.29 is 9.47 Å². The molecule has 126 valence electrons. The summed E-state index contributed by atoms with van der Waals surface area (Å²) < 4.78 is 12.0. The molecule has 0 amide bonds. The van der Waals surface area contributed by atoms with Crippen LogP contribution in [0.2, 0.25) is 0 Å². The highest BCUT2D eigenvalue weighted by atomic mass is 79.9. The smallest absolute Gasteiger partial charge is 0.174 e. The number of ether oxygens (including phenoxy) is 2. The fourth-order valence-corrected chi connectivity index (χ4v) is 2.97. The molecule has 0 saturated carbocycles. The van der Waals surface area contributed by atoms with Crippen LogP contribution >= 0.6 is 28.3 Å². The topological polar surface area (TPSA) is 30.5 Å². The lowest BCUT2D eigenvalue weighted by molar-refractivity contribution is 0.309.